The summed E-state index contributed by atoms with van der Waals surface area (Å²) in [5.41, 5.74) is 1.20. The predicted octanol–water partition coefficient (Wildman–Crippen LogP) is 1.82. The third-order valence-electron chi connectivity index (χ3n) is 3.50. The summed E-state index contributed by atoms with van der Waals surface area (Å²) in [4.78, 5) is 0.174. The minimum atomic E-state index is -3.68. The van der Waals surface area contributed by atoms with Gasteiger partial charge in [-0.05, 0) is 35.9 Å². The fourth-order valence-corrected chi connectivity index (χ4v) is 3.53. The van der Waals surface area contributed by atoms with Crippen LogP contribution in [0.4, 0.5) is 0 Å². The minimum absolute atomic E-state index is 0.0307. The highest BCUT2D eigenvalue weighted by atomic mass is 32.2. The highest BCUT2D eigenvalue weighted by Crippen LogP contribution is 2.27. The topological polar surface area (TPSA) is 91.6 Å². The Morgan fingerprint density at radius 3 is 2.75 bits per heavy atom. The zero-order valence-electron chi connectivity index (χ0n) is 13.0. The number of nitrogens with zero attached hydrogens (tertiary/aromatic N) is 3. The molecule has 0 spiro atoms. The molecular weight excluding hydrogens is 330 g/mol. The summed E-state index contributed by atoms with van der Waals surface area (Å²) in [6.07, 6.45) is 1.53. The molecule has 0 atom stereocenters. The Kier molecular flexibility index (Phi) is 3.98. The van der Waals surface area contributed by atoms with Crippen LogP contribution in [0.2, 0.25) is 0 Å². The van der Waals surface area contributed by atoms with Crippen molar-refractivity contribution in [3.63, 3.8) is 0 Å². The Hall–Kier alpha value is -2.87. The second-order valence-electron chi connectivity index (χ2n) is 5.09. The molecule has 1 aliphatic rings. The molecule has 0 unspecified atom stereocenters. The van der Waals surface area contributed by atoms with Gasteiger partial charge in [0.15, 0.2) is 17.3 Å². The van der Waals surface area contributed by atoms with Gasteiger partial charge in [0.2, 0.25) is 0 Å². The maximum absolute atomic E-state index is 12.1. The second kappa shape index (κ2) is 5.97. The first-order valence-corrected chi connectivity index (χ1v) is 8.45. The van der Waals surface area contributed by atoms with Crippen LogP contribution in [0.25, 0.3) is 0 Å². The molecule has 2 aromatic rings. The number of amidine groups is 1. The number of hydrogen-bond donors (Lipinski definition) is 1. The van der Waals surface area contributed by atoms with E-state index in [0.717, 1.165) is 0 Å². The lowest BCUT2D eigenvalue weighted by Gasteiger charge is -2.12. The first kappa shape index (κ1) is 16.0. The van der Waals surface area contributed by atoms with Gasteiger partial charge in [-0.2, -0.15) is 13.5 Å². The molecule has 0 saturated carbocycles. The van der Waals surface area contributed by atoms with Crippen molar-refractivity contribution in [3.05, 3.63) is 53.6 Å². The molecule has 0 amide bonds. The molecule has 0 aliphatic carbocycles. The molecule has 7 nitrogen and oxygen atoms in total. The maximum atomic E-state index is 12.1. The van der Waals surface area contributed by atoms with Gasteiger partial charge >= 0.3 is 0 Å². The predicted molar refractivity (Wildman–Crippen MR) is 90.2 cm³/mol. The number of phenols is 1. The summed E-state index contributed by atoms with van der Waals surface area (Å²) in [6, 6.07) is 11.4. The zero-order chi connectivity index (χ0) is 17.3. The van der Waals surface area contributed by atoms with Gasteiger partial charge in [-0.1, -0.05) is 12.1 Å². The molecule has 24 heavy (non-hydrogen) atoms. The summed E-state index contributed by atoms with van der Waals surface area (Å²) in [7, 11) is -0.608. The molecule has 1 aliphatic heterocycles. The van der Waals surface area contributed by atoms with Crippen LogP contribution < -0.4 is 4.74 Å². The van der Waals surface area contributed by atoms with Gasteiger partial charge in [0.1, 0.15) is 4.90 Å². The van der Waals surface area contributed by atoms with Crippen LogP contribution in [0.3, 0.4) is 0 Å². The van der Waals surface area contributed by atoms with Crippen LogP contribution in [-0.4, -0.2) is 44.7 Å². The quantitative estimate of drug-likeness (QED) is 0.677. The Labute approximate surface area is 139 Å². The van der Waals surface area contributed by atoms with Crippen molar-refractivity contribution in [3.8, 4) is 11.5 Å². The monoisotopic (exact) mass is 345 g/mol. The van der Waals surface area contributed by atoms with Gasteiger partial charge in [-0.25, -0.2) is 5.01 Å². The Morgan fingerprint density at radius 2 is 2.00 bits per heavy atom. The van der Waals surface area contributed by atoms with Gasteiger partial charge in [0, 0.05) is 12.6 Å². The van der Waals surface area contributed by atoms with Crippen molar-refractivity contribution in [2.45, 2.75) is 4.90 Å². The number of phenolic OH excluding ortho intramolecular Hbond substituents is 1. The van der Waals surface area contributed by atoms with Gasteiger partial charge in [0.05, 0.1) is 13.3 Å². The third kappa shape index (κ3) is 2.83. The van der Waals surface area contributed by atoms with Crippen molar-refractivity contribution in [2.24, 2.45) is 9.50 Å². The first-order chi connectivity index (χ1) is 11.4. The Bertz CT molecular complexity index is 952. The first-order valence-electron chi connectivity index (χ1n) is 7.01. The van der Waals surface area contributed by atoms with E-state index in [4.69, 9.17) is 4.74 Å². The van der Waals surface area contributed by atoms with Gasteiger partial charge in [-0.3, -0.25) is 0 Å². The molecular formula is C16H15N3O4S. The average Bonchev–Trinajstić information content (AvgIpc) is 2.86. The normalized spacial score (nSPS) is 15.2. The van der Waals surface area contributed by atoms with Gasteiger partial charge < -0.3 is 9.84 Å². The molecule has 0 bridgehead atoms. The van der Waals surface area contributed by atoms with Gasteiger partial charge in [-0.15, -0.1) is 4.40 Å². The van der Waals surface area contributed by atoms with E-state index in [9.17, 15) is 13.5 Å². The fraction of sp³-hybridized carbons (Fsp3) is 0.125. The van der Waals surface area contributed by atoms with E-state index in [-0.39, 0.29) is 16.5 Å². The number of ether oxygens (including phenoxy) is 1. The fourth-order valence-electron chi connectivity index (χ4n) is 2.30. The highest BCUT2D eigenvalue weighted by Gasteiger charge is 2.30. The van der Waals surface area contributed by atoms with E-state index >= 15 is 0 Å². The van der Waals surface area contributed by atoms with E-state index < -0.39 is 10.0 Å². The molecule has 124 valence electrons. The van der Waals surface area contributed by atoms with E-state index in [2.05, 4.69) is 9.50 Å². The van der Waals surface area contributed by atoms with Crippen molar-refractivity contribution in [2.75, 3.05) is 14.2 Å². The molecule has 1 N–H and O–H groups in total. The number of methoxy groups -OCH3 is 1. The summed E-state index contributed by atoms with van der Waals surface area (Å²) < 4.78 is 32.9. The number of hydrogen-bond acceptors (Lipinski definition) is 6. The molecule has 2 aromatic carbocycles. The average molecular weight is 345 g/mol. The van der Waals surface area contributed by atoms with Crippen LogP contribution in [0.1, 0.15) is 11.1 Å². The third-order valence-corrected chi connectivity index (χ3v) is 4.83. The summed E-state index contributed by atoms with van der Waals surface area (Å²) in [5, 5.41) is 15.2. The lowest BCUT2D eigenvalue weighted by Crippen LogP contribution is -2.21. The Balaban J connectivity index is 1.90. The maximum Gasteiger partial charge on any atom is 0.285 e. The SMILES string of the molecule is COc1cc(/C=N/N(C)C2=NS(=O)(=O)c3ccccc32)ccc1O. The zero-order valence-corrected chi connectivity index (χ0v) is 13.9. The molecule has 0 fully saturated rings. The number of fused-ring (bicyclic) bond motifs is 1. The van der Waals surface area contributed by atoms with Crippen LogP contribution in [0.5, 0.6) is 11.5 Å². The molecule has 0 radical (unpaired) electrons. The number of aromatic hydroxyl groups is 1. The number of hydrazone groups is 1. The smallest absolute Gasteiger partial charge is 0.285 e. The molecule has 0 aromatic heterocycles. The van der Waals surface area contributed by atoms with Crippen LogP contribution in [0.15, 0.2) is 56.9 Å². The molecule has 1 heterocycles. The van der Waals surface area contributed by atoms with E-state index in [0.29, 0.717) is 16.9 Å². The number of sulfonamides is 1. The lowest BCUT2D eigenvalue weighted by atomic mass is 10.2. The standard InChI is InChI=1S/C16H15N3O4S/c1-19(17-10-11-7-8-13(20)14(9-11)23-2)16-12-5-3-4-6-15(12)24(21,22)18-16/h3-10,20H,1-2H3/b17-10+. The second-order valence-corrected chi connectivity index (χ2v) is 6.66. The molecule has 8 heteroatoms. The van der Waals surface area contributed by atoms with Crippen LogP contribution >= 0.6 is 0 Å². The summed E-state index contributed by atoms with van der Waals surface area (Å²) in [6.45, 7) is 0. The van der Waals surface area contributed by atoms with Crippen molar-refractivity contribution in [1.29, 1.82) is 0 Å². The van der Waals surface area contributed by atoms with Gasteiger partial charge in [0.25, 0.3) is 10.0 Å². The summed E-state index contributed by atoms with van der Waals surface area (Å²) >= 11 is 0. The summed E-state index contributed by atoms with van der Waals surface area (Å²) in [5.74, 6) is 0.614. The largest absolute Gasteiger partial charge is 0.504 e. The van der Waals surface area contributed by atoms with Crippen LogP contribution in [-0.2, 0) is 10.0 Å². The van der Waals surface area contributed by atoms with E-state index in [1.54, 1.807) is 37.4 Å². The Morgan fingerprint density at radius 1 is 1.25 bits per heavy atom. The van der Waals surface area contributed by atoms with Crippen molar-refractivity contribution >= 4 is 22.1 Å². The van der Waals surface area contributed by atoms with E-state index in [1.807, 2.05) is 0 Å². The molecule has 3 rings (SSSR count). The molecule has 0 saturated heterocycles. The highest BCUT2D eigenvalue weighted by molar-refractivity contribution is 7.90. The number of rotatable bonds is 3. The van der Waals surface area contributed by atoms with Crippen molar-refractivity contribution < 1.29 is 18.3 Å². The van der Waals surface area contributed by atoms with E-state index in [1.165, 1.54) is 30.5 Å². The van der Waals surface area contributed by atoms with Crippen molar-refractivity contribution in [1.82, 2.24) is 5.01 Å². The van der Waals surface area contributed by atoms with Crippen LogP contribution in [0, 0.1) is 0 Å². The minimum Gasteiger partial charge on any atom is -0.504 e. The lowest BCUT2D eigenvalue weighted by molar-refractivity contribution is 0.373. The number of benzene rings is 2.